The van der Waals surface area contributed by atoms with Crippen LogP contribution in [0, 0.1) is 12.3 Å². The molecule has 1 aromatic rings. The fraction of sp³-hybridized carbons (Fsp3) is 0.750. The molecule has 1 saturated carbocycles. The second-order valence-corrected chi connectivity index (χ2v) is 3.92. The van der Waals surface area contributed by atoms with Crippen LogP contribution in [-0.2, 0) is 0 Å². The Bertz CT molecular complexity index is 277. The molecule has 11 heavy (non-hydrogen) atoms. The number of hydrogen-bond donors (Lipinski definition) is 0. The molecule has 0 spiro atoms. The topological polar surface area (TPSA) is 38.9 Å². The number of aromatic nitrogens is 2. The molecule has 0 aliphatic heterocycles. The van der Waals surface area contributed by atoms with Gasteiger partial charge in [0, 0.05) is 12.8 Å². The van der Waals surface area contributed by atoms with Crippen LogP contribution in [0.5, 0.6) is 0 Å². The first kappa shape index (κ1) is 6.83. The molecule has 3 nitrogen and oxygen atoms in total. The summed E-state index contributed by atoms with van der Waals surface area (Å²) in [4.78, 5) is 4.19. The normalized spacial score (nSPS) is 27.0. The highest BCUT2D eigenvalue weighted by Crippen LogP contribution is 2.57. The fourth-order valence-electron chi connectivity index (χ4n) is 1.36. The van der Waals surface area contributed by atoms with Gasteiger partial charge in [-0.3, -0.25) is 0 Å². The van der Waals surface area contributed by atoms with E-state index in [1.165, 1.54) is 6.42 Å². The van der Waals surface area contributed by atoms with E-state index in [1.807, 2.05) is 6.92 Å². The summed E-state index contributed by atoms with van der Waals surface area (Å²) in [5, 5.41) is 3.89. The highest BCUT2D eigenvalue weighted by Gasteiger charge is 2.49. The highest BCUT2D eigenvalue weighted by atomic mass is 16.5. The Labute approximate surface area is 65.8 Å². The summed E-state index contributed by atoms with van der Waals surface area (Å²) in [6.07, 6.45) is 1.19. The van der Waals surface area contributed by atoms with Gasteiger partial charge in [-0.05, 0) is 11.8 Å². The molecule has 1 aliphatic rings. The van der Waals surface area contributed by atoms with Gasteiger partial charge in [-0.1, -0.05) is 19.0 Å². The summed E-state index contributed by atoms with van der Waals surface area (Å²) in [6, 6.07) is 0. The lowest BCUT2D eigenvalue weighted by Gasteiger charge is -1.95. The lowest BCUT2D eigenvalue weighted by Crippen LogP contribution is -1.91. The molecule has 1 aromatic heterocycles. The summed E-state index contributed by atoms with van der Waals surface area (Å²) in [6.45, 7) is 6.28. The molecule has 1 unspecified atom stereocenters. The summed E-state index contributed by atoms with van der Waals surface area (Å²) < 4.78 is 4.90. The second kappa shape index (κ2) is 1.84. The molecule has 1 aliphatic carbocycles. The first-order valence-electron chi connectivity index (χ1n) is 3.90. The Hall–Kier alpha value is -0.860. The minimum atomic E-state index is 0.399. The molecule has 0 N–H and O–H groups in total. The van der Waals surface area contributed by atoms with E-state index in [0.717, 1.165) is 5.82 Å². The Morgan fingerprint density at radius 1 is 1.55 bits per heavy atom. The van der Waals surface area contributed by atoms with E-state index >= 15 is 0 Å². The third kappa shape index (κ3) is 1.04. The number of aryl methyl sites for hydroxylation is 1. The van der Waals surface area contributed by atoms with Gasteiger partial charge in [0.2, 0.25) is 5.89 Å². The van der Waals surface area contributed by atoms with Gasteiger partial charge in [-0.2, -0.15) is 4.98 Å². The molecule has 60 valence electrons. The lowest BCUT2D eigenvalue weighted by molar-refractivity contribution is 0.385. The van der Waals surface area contributed by atoms with Crippen molar-refractivity contribution < 1.29 is 4.52 Å². The van der Waals surface area contributed by atoms with Gasteiger partial charge in [-0.15, -0.1) is 0 Å². The third-order valence-electron chi connectivity index (χ3n) is 2.37. The zero-order chi connectivity index (χ0) is 8.06. The average Bonchev–Trinajstić information content (AvgIpc) is 2.39. The van der Waals surface area contributed by atoms with E-state index < -0.39 is 0 Å². The Morgan fingerprint density at radius 2 is 2.18 bits per heavy atom. The Morgan fingerprint density at radius 3 is 2.55 bits per heavy atom. The van der Waals surface area contributed by atoms with Gasteiger partial charge in [0.15, 0.2) is 5.82 Å². The van der Waals surface area contributed by atoms with Crippen molar-refractivity contribution in [3.8, 4) is 0 Å². The molecule has 0 radical (unpaired) electrons. The quantitative estimate of drug-likeness (QED) is 0.616. The van der Waals surface area contributed by atoms with E-state index in [2.05, 4.69) is 24.0 Å². The molecule has 0 amide bonds. The van der Waals surface area contributed by atoms with Crippen molar-refractivity contribution in [3.63, 3.8) is 0 Å². The molecule has 0 aromatic carbocycles. The molecular formula is C8H12N2O. The van der Waals surface area contributed by atoms with E-state index in [4.69, 9.17) is 4.52 Å². The van der Waals surface area contributed by atoms with Gasteiger partial charge in [0.1, 0.15) is 0 Å². The third-order valence-corrected chi connectivity index (χ3v) is 2.37. The Balaban J connectivity index is 2.20. The van der Waals surface area contributed by atoms with Crippen molar-refractivity contribution in [1.29, 1.82) is 0 Å². The molecular weight excluding hydrogens is 140 g/mol. The van der Waals surface area contributed by atoms with E-state index in [1.54, 1.807) is 0 Å². The van der Waals surface area contributed by atoms with E-state index in [0.29, 0.717) is 17.2 Å². The maximum atomic E-state index is 4.90. The molecule has 1 heterocycles. The van der Waals surface area contributed by atoms with Crippen LogP contribution in [-0.4, -0.2) is 10.1 Å². The molecule has 0 saturated heterocycles. The number of hydrogen-bond acceptors (Lipinski definition) is 3. The van der Waals surface area contributed by atoms with Crippen molar-refractivity contribution in [3.05, 3.63) is 11.7 Å². The minimum absolute atomic E-state index is 0.399. The Kier molecular flexibility index (Phi) is 1.14. The largest absolute Gasteiger partial charge is 0.340 e. The molecule has 3 heteroatoms. The second-order valence-electron chi connectivity index (χ2n) is 3.92. The first-order valence-corrected chi connectivity index (χ1v) is 3.90. The van der Waals surface area contributed by atoms with Crippen LogP contribution < -0.4 is 0 Å². The predicted molar refractivity (Wildman–Crippen MR) is 40.2 cm³/mol. The smallest absolute Gasteiger partial charge is 0.223 e. The zero-order valence-electron chi connectivity index (χ0n) is 7.09. The van der Waals surface area contributed by atoms with Crippen LogP contribution in [0.25, 0.3) is 0 Å². The molecule has 0 bridgehead atoms. The van der Waals surface area contributed by atoms with Crippen LogP contribution in [0.2, 0.25) is 0 Å². The maximum Gasteiger partial charge on any atom is 0.223 e. The van der Waals surface area contributed by atoms with Gasteiger partial charge in [-0.25, -0.2) is 0 Å². The monoisotopic (exact) mass is 152 g/mol. The zero-order valence-corrected chi connectivity index (χ0v) is 7.09. The first-order chi connectivity index (χ1) is 5.09. The average molecular weight is 152 g/mol. The standard InChI is InChI=1S/C8H12N2O/c1-5-9-7(10-11-5)6-4-8(6,2)3/h6H,4H2,1-3H3. The number of rotatable bonds is 1. The summed E-state index contributed by atoms with van der Waals surface area (Å²) in [5.74, 6) is 2.08. The van der Waals surface area contributed by atoms with Crippen LogP contribution in [0.1, 0.15) is 37.9 Å². The summed E-state index contributed by atoms with van der Waals surface area (Å²) >= 11 is 0. The maximum absolute atomic E-state index is 4.90. The van der Waals surface area contributed by atoms with Gasteiger partial charge in [0.05, 0.1) is 0 Å². The van der Waals surface area contributed by atoms with Crippen LogP contribution in [0.3, 0.4) is 0 Å². The van der Waals surface area contributed by atoms with Crippen molar-refractivity contribution >= 4 is 0 Å². The van der Waals surface area contributed by atoms with Gasteiger partial charge in [0.25, 0.3) is 0 Å². The van der Waals surface area contributed by atoms with Crippen molar-refractivity contribution in [1.82, 2.24) is 10.1 Å². The molecule has 2 rings (SSSR count). The van der Waals surface area contributed by atoms with E-state index in [9.17, 15) is 0 Å². The number of nitrogens with zero attached hydrogens (tertiary/aromatic N) is 2. The van der Waals surface area contributed by atoms with Gasteiger partial charge < -0.3 is 4.52 Å². The van der Waals surface area contributed by atoms with Crippen molar-refractivity contribution in [2.75, 3.05) is 0 Å². The summed E-state index contributed by atoms with van der Waals surface area (Å²) in [5.41, 5.74) is 0.399. The van der Waals surface area contributed by atoms with Crippen LogP contribution in [0.4, 0.5) is 0 Å². The van der Waals surface area contributed by atoms with Crippen molar-refractivity contribution in [2.45, 2.75) is 33.1 Å². The molecule has 1 atom stereocenters. The van der Waals surface area contributed by atoms with E-state index in [-0.39, 0.29) is 0 Å². The van der Waals surface area contributed by atoms with Crippen molar-refractivity contribution in [2.24, 2.45) is 5.41 Å². The van der Waals surface area contributed by atoms with Crippen LogP contribution in [0.15, 0.2) is 4.52 Å². The lowest BCUT2D eigenvalue weighted by atomic mass is 10.1. The summed E-state index contributed by atoms with van der Waals surface area (Å²) in [7, 11) is 0. The van der Waals surface area contributed by atoms with Gasteiger partial charge >= 0.3 is 0 Å². The SMILES string of the molecule is Cc1nc(C2CC2(C)C)no1. The highest BCUT2D eigenvalue weighted by molar-refractivity contribution is 5.13. The fourth-order valence-corrected chi connectivity index (χ4v) is 1.36. The van der Waals surface area contributed by atoms with Crippen LogP contribution >= 0.6 is 0 Å². The minimum Gasteiger partial charge on any atom is -0.340 e. The molecule has 1 fully saturated rings. The predicted octanol–water partition coefficient (Wildman–Crippen LogP) is 1.89.